The summed E-state index contributed by atoms with van der Waals surface area (Å²) in [7, 11) is 0. The molecule has 0 aliphatic rings. The number of carbonyl (C=O) groups is 1. The second-order valence-corrected chi connectivity index (χ2v) is 6.39. The van der Waals surface area contributed by atoms with Gasteiger partial charge in [-0.05, 0) is 52.3 Å². The fourth-order valence-electron chi connectivity index (χ4n) is 1.81. The molecule has 1 heterocycles. The zero-order valence-corrected chi connectivity index (χ0v) is 15.0. The quantitative estimate of drug-likeness (QED) is 0.497. The van der Waals surface area contributed by atoms with Crippen LogP contribution < -0.4 is 10.6 Å². The van der Waals surface area contributed by atoms with Crippen LogP contribution in [0.2, 0.25) is 5.02 Å². The van der Waals surface area contributed by atoms with Crippen LogP contribution in [0, 0.1) is 0 Å². The van der Waals surface area contributed by atoms with Crippen molar-refractivity contribution < 1.29 is 26.7 Å². The summed E-state index contributed by atoms with van der Waals surface area (Å²) in [6.45, 7) is 0. The minimum atomic E-state index is -5.89. The number of halogens is 7. The van der Waals surface area contributed by atoms with Gasteiger partial charge in [0.1, 0.15) is 5.69 Å². The summed E-state index contributed by atoms with van der Waals surface area (Å²) < 4.78 is 66.5. The maximum absolute atomic E-state index is 13.8. The van der Waals surface area contributed by atoms with E-state index in [4.69, 9.17) is 11.6 Å². The molecular formula is C15H10BrClF5N3O. The van der Waals surface area contributed by atoms with Crippen molar-refractivity contribution in [1.82, 2.24) is 10.3 Å². The smallest absolute Gasteiger partial charge is 0.360 e. The lowest BCUT2D eigenvalue weighted by atomic mass is 10.2. The van der Waals surface area contributed by atoms with Gasteiger partial charge in [-0.2, -0.15) is 22.0 Å². The number of hydrogen-bond donors (Lipinski definition) is 2. The van der Waals surface area contributed by atoms with E-state index < -0.39 is 24.2 Å². The Morgan fingerprint density at radius 3 is 2.19 bits per heavy atom. The molecule has 1 aromatic heterocycles. The van der Waals surface area contributed by atoms with Gasteiger partial charge in [0.25, 0.3) is 5.91 Å². The van der Waals surface area contributed by atoms with Crippen LogP contribution in [0.4, 0.5) is 27.6 Å². The zero-order valence-electron chi connectivity index (χ0n) is 12.6. The summed E-state index contributed by atoms with van der Waals surface area (Å²) in [4.78, 5) is 15.7. The molecular weight excluding hydrogens is 449 g/mol. The van der Waals surface area contributed by atoms with Gasteiger partial charge in [0.05, 0.1) is 0 Å². The molecule has 2 rings (SSSR count). The second-order valence-electron chi connectivity index (χ2n) is 5.04. The van der Waals surface area contributed by atoms with Crippen molar-refractivity contribution in [3.05, 3.63) is 57.8 Å². The van der Waals surface area contributed by atoms with Gasteiger partial charge in [0.2, 0.25) is 0 Å². The van der Waals surface area contributed by atoms with Crippen molar-refractivity contribution in [2.24, 2.45) is 0 Å². The Bertz CT molecular complexity index is 768. The van der Waals surface area contributed by atoms with E-state index in [1.165, 1.54) is 42.6 Å². The van der Waals surface area contributed by atoms with Gasteiger partial charge in [-0.15, -0.1) is 0 Å². The van der Waals surface area contributed by atoms with Crippen LogP contribution in [0.3, 0.4) is 0 Å². The highest BCUT2D eigenvalue weighted by molar-refractivity contribution is 9.10. The average Bonchev–Trinajstić information content (AvgIpc) is 2.55. The number of aromatic nitrogens is 1. The summed E-state index contributed by atoms with van der Waals surface area (Å²) in [5.41, 5.74) is -0.415. The number of hydrogen-bond acceptors (Lipinski definition) is 3. The maximum Gasteiger partial charge on any atom is 0.457 e. The Hall–Kier alpha value is -1.94. The van der Waals surface area contributed by atoms with Crippen molar-refractivity contribution in [3.8, 4) is 0 Å². The summed E-state index contributed by atoms with van der Waals surface area (Å²) in [6, 6.07) is 7.56. The number of pyridine rings is 1. The van der Waals surface area contributed by atoms with E-state index in [0.717, 1.165) is 0 Å². The topological polar surface area (TPSA) is 54.0 Å². The van der Waals surface area contributed by atoms with Gasteiger partial charge in [-0.1, -0.05) is 11.6 Å². The molecule has 0 aliphatic heterocycles. The summed E-state index contributed by atoms with van der Waals surface area (Å²) in [5.74, 6) is -6.45. The first kappa shape index (κ1) is 20.4. The molecule has 4 nitrogen and oxygen atoms in total. The van der Waals surface area contributed by atoms with E-state index in [2.05, 4.69) is 20.9 Å². The van der Waals surface area contributed by atoms with Gasteiger partial charge >= 0.3 is 12.1 Å². The van der Waals surface area contributed by atoms with Crippen LogP contribution in [-0.2, 0) is 0 Å². The van der Waals surface area contributed by atoms with E-state index in [0.29, 0.717) is 4.47 Å². The first-order valence-corrected chi connectivity index (χ1v) is 8.07. The summed E-state index contributed by atoms with van der Waals surface area (Å²) >= 11 is 8.72. The normalized spacial score (nSPS) is 13.2. The van der Waals surface area contributed by atoms with E-state index >= 15 is 0 Å². The molecule has 1 amide bonds. The molecule has 26 heavy (non-hydrogen) atoms. The number of amides is 1. The number of rotatable bonds is 5. The van der Waals surface area contributed by atoms with Crippen LogP contribution in [0.5, 0.6) is 0 Å². The number of alkyl halides is 5. The van der Waals surface area contributed by atoms with Gasteiger partial charge in [-0.3, -0.25) is 4.79 Å². The molecule has 0 spiro atoms. The molecule has 2 aromatic rings. The maximum atomic E-state index is 13.8. The van der Waals surface area contributed by atoms with Crippen molar-refractivity contribution in [1.29, 1.82) is 0 Å². The number of benzene rings is 1. The van der Waals surface area contributed by atoms with Gasteiger partial charge in [-0.25, -0.2) is 4.98 Å². The lowest BCUT2D eigenvalue weighted by Gasteiger charge is -2.30. The van der Waals surface area contributed by atoms with E-state index in [1.54, 1.807) is 5.32 Å². The Labute approximate surface area is 157 Å². The largest absolute Gasteiger partial charge is 0.457 e. The van der Waals surface area contributed by atoms with Crippen molar-refractivity contribution in [2.45, 2.75) is 18.3 Å². The third kappa shape index (κ3) is 4.82. The predicted octanol–water partition coefficient (Wildman–Crippen LogP) is 4.86. The van der Waals surface area contributed by atoms with E-state index in [1.807, 2.05) is 5.32 Å². The summed E-state index contributed by atoms with van der Waals surface area (Å²) in [5, 5.41) is 3.86. The number of nitrogens with zero attached hydrogens (tertiary/aromatic N) is 1. The monoisotopic (exact) mass is 457 g/mol. The highest BCUT2D eigenvalue weighted by atomic mass is 79.9. The van der Waals surface area contributed by atoms with Crippen LogP contribution in [0.15, 0.2) is 47.1 Å². The third-order valence-electron chi connectivity index (χ3n) is 3.13. The standard InChI is InChI=1S/C15H10BrClF5N3O/c16-8-1-6-11(23-7-8)12(26)25-13(14(18,19)15(20,21)22)24-10-4-2-9(17)3-5-10/h1-7,13,24H,(H,25,26). The molecule has 0 aliphatic carbocycles. The fraction of sp³-hybridized carbons (Fsp3) is 0.200. The van der Waals surface area contributed by atoms with Crippen LogP contribution in [-0.4, -0.2) is 29.2 Å². The number of nitrogens with one attached hydrogen (secondary N) is 2. The average molecular weight is 459 g/mol. The first-order valence-electron chi connectivity index (χ1n) is 6.90. The first-order chi connectivity index (χ1) is 12.0. The fourth-order valence-corrected chi connectivity index (χ4v) is 2.17. The lowest BCUT2D eigenvalue weighted by Crippen LogP contribution is -2.59. The minimum absolute atomic E-state index is 0.0904. The molecule has 0 fully saturated rings. The van der Waals surface area contributed by atoms with Gasteiger partial charge in [0, 0.05) is 21.4 Å². The zero-order chi connectivity index (χ0) is 19.5. The highest BCUT2D eigenvalue weighted by Gasteiger charge is 2.63. The van der Waals surface area contributed by atoms with E-state index in [9.17, 15) is 26.7 Å². The molecule has 2 N–H and O–H groups in total. The molecule has 1 aromatic carbocycles. The molecule has 140 valence electrons. The Kier molecular flexibility index (Phi) is 6.07. The minimum Gasteiger partial charge on any atom is -0.360 e. The van der Waals surface area contributed by atoms with Crippen molar-refractivity contribution in [2.75, 3.05) is 5.32 Å². The lowest BCUT2D eigenvalue weighted by molar-refractivity contribution is -0.289. The molecule has 1 unspecified atom stereocenters. The SMILES string of the molecule is O=C(NC(Nc1ccc(Cl)cc1)C(F)(F)C(F)(F)F)c1ccc(Br)cn1. The number of carbonyl (C=O) groups excluding carboxylic acids is 1. The highest BCUT2D eigenvalue weighted by Crippen LogP contribution is 2.38. The number of anilines is 1. The van der Waals surface area contributed by atoms with Gasteiger partial charge < -0.3 is 10.6 Å². The Morgan fingerprint density at radius 1 is 1.08 bits per heavy atom. The van der Waals surface area contributed by atoms with Crippen LogP contribution in [0.1, 0.15) is 10.5 Å². The summed E-state index contributed by atoms with van der Waals surface area (Å²) in [6.07, 6.45) is -7.45. The van der Waals surface area contributed by atoms with Crippen molar-refractivity contribution in [3.63, 3.8) is 0 Å². The molecule has 0 radical (unpaired) electrons. The second kappa shape index (κ2) is 7.75. The molecule has 0 bridgehead atoms. The Morgan fingerprint density at radius 2 is 1.69 bits per heavy atom. The molecule has 1 atom stereocenters. The van der Waals surface area contributed by atoms with E-state index in [-0.39, 0.29) is 16.4 Å². The van der Waals surface area contributed by atoms with Crippen LogP contribution in [0.25, 0.3) is 0 Å². The molecule has 11 heteroatoms. The molecule has 0 saturated heterocycles. The van der Waals surface area contributed by atoms with Gasteiger partial charge in [0.15, 0.2) is 6.17 Å². The predicted molar refractivity (Wildman–Crippen MR) is 89.3 cm³/mol. The Balaban J connectivity index is 2.29. The molecule has 0 saturated carbocycles. The third-order valence-corrected chi connectivity index (χ3v) is 3.85. The van der Waals surface area contributed by atoms with Crippen molar-refractivity contribution >= 4 is 39.1 Å². The van der Waals surface area contributed by atoms with Crippen LogP contribution >= 0.6 is 27.5 Å².